The Morgan fingerprint density at radius 1 is 1.70 bits per heavy atom. The van der Waals surface area contributed by atoms with Crippen LogP contribution in [0.5, 0.6) is 0 Å². The van der Waals surface area contributed by atoms with Gasteiger partial charge in [0.25, 0.3) is 0 Å². The minimum Gasteiger partial charge on any atom is -0.381 e. The van der Waals surface area contributed by atoms with Gasteiger partial charge in [-0.1, -0.05) is 15.9 Å². The first-order chi connectivity index (χ1) is 4.83. The molecule has 1 heterocycles. The summed E-state index contributed by atoms with van der Waals surface area (Å²) in [5.74, 6) is 0.465. The zero-order valence-electron chi connectivity index (χ0n) is 5.85. The minimum absolute atomic E-state index is 0.462. The van der Waals surface area contributed by atoms with Crippen LogP contribution in [0, 0.1) is 5.92 Å². The van der Waals surface area contributed by atoms with E-state index in [1.54, 1.807) is 0 Å². The third kappa shape index (κ3) is 2.54. The van der Waals surface area contributed by atoms with Gasteiger partial charge in [0.1, 0.15) is 6.17 Å². The molecule has 0 aromatic heterocycles. The van der Waals surface area contributed by atoms with Gasteiger partial charge in [0.2, 0.25) is 0 Å². The molecule has 1 saturated heterocycles. The molecule has 0 aliphatic carbocycles. The molecular weight excluding hydrogens is 199 g/mol. The molecule has 2 atom stereocenters. The second kappa shape index (κ2) is 4.29. The van der Waals surface area contributed by atoms with Gasteiger partial charge in [-0.05, 0) is 18.8 Å². The van der Waals surface area contributed by atoms with E-state index >= 15 is 0 Å². The van der Waals surface area contributed by atoms with Gasteiger partial charge >= 0.3 is 0 Å². The van der Waals surface area contributed by atoms with Crippen LogP contribution in [0.25, 0.3) is 0 Å². The molecule has 0 N–H and O–H groups in total. The molecule has 0 aromatic carbocycles. The van der Waals surface area contributed by atoms with Crippen LogP contribution in [0.2, 0.25) is 0 Å². The Balaban J connectivity index is 2.11. The van der Waals surface area contributed by atoms with Crippen molar-refractivity contribution >= 4 is 15.9 Å². The van der Waals surface area contributed by atoms with Gasteiger partial charge in [0, 0.05) is 18.5 Å². The zero-order valence-corrected chi connectivity index (χ0v) is 7.44. The average Bonchev–Trinajstić information content (AvgIpc) is 2.40. The van der Waals surface area contributed by atoms with Gasteiger partial charge in [0.15, 0.2) is 0 Å². The molecule has 10 heavy (non-hydrogen) atoms. The minimum atomic E-state index is -0.688. The van der Waals surface area contributed by atoms with Crippen molar-refractivity contribution in [3.63, 3.8) is 0 Å². The summed E-state index contributed by atoms with van der Waals surface area (Å²) in [6, 6.07) is 0. The van der Waals surface area contributed by atoms with Crippen molar-refractivity contribution in [2.45, 2.75) is 19.0 Å². The summed E-state index contributed by atoms with van der Waals surface area (Å²) in [4.78, 5) is 0. The molecular formula is C7H12BrFO. The smallest absolute Gasteiger partial charge is 0.110 e. The molecule has 0 aromatic rings. The van der Waals surface area contributed by atoms with E-state index in [-0.39, 0.29) is 0 Å². The van der Waals surface area contributed by atoms with E-state index in [1.165, 1.54) is 0 Å². The first-order valence-corrected chi connectivity index (χ1v) is 4.73. The standard InChI is InChI=1S/C7H12BrFO/c8-4-7(9)3-6-1-2-10-5-6/h6-7H,1-5H2. The SMILES string of the molecule is FC(CBr)CC1CCOC1. The number of alkyl halides is 2. The highest BCUT2D eigenvalue weighted by Gasteiger charge is 2.19. The summed E-state index contributed by atoms with van der Waals surface area (Å²) in [6.07, 6.45) is 1.00. The van der Waals surface area contributed by atoms with E-state index in [2.05, 4.69) is 15.9 Å². The Labute approximate surface area is 69.1 Å². The Bertz CT molecular complexity index is 93.6. The number of ether oxygens (including phenoxy) is 1. The maximum atomic E-state index is 12.7. The Morgan fingerprint density at radius 3 is 3.00 bits per heavy atom. The van der Waals surface area contributed by atoms with Crippen molar-refractivity contribution in [1.82, 2.24) is 0 Å². The molecule has 3 heteroatoms. The third-order valence-electron chi connectivity index (χ3n) is 1.78. The molecule has 2 unspecified atom stereocenters. The van der Waals surface area contributed by atoms with Crippen LogP contribution in [0.3, 0.4) is 0 Å². The first-order valence-electron chi connectivity index (χ1n) is 3.60. The van der Waals surface area contributed by atoms with Gasteiger partial charge in [-0.25, -0.2) is 4.39 Å². The van der Waals surface area contributed by atoms with Gasteiger partial charge in [-0.15, -0.1) is 0 Å². The van der Waals surface area contributed by atoms with E-state index in [4.69, 9.17) is 4.74 Å². The van der Waals surface area contributed by atoms with Crippen molar-refractivity contribution in [3.05, 3.63) is 0 Å². The molecule has 1 rings (SSSR count). The van der Waals surface area contributed by atoms with Gasteiger partial charge < -0.3 is 4.74 Å². The second-order valence-corrected chi connectivity index (χ2v) is 3.36. The van der Waals surface area contributed by atoms with Crippen LogP contribution < -0.4 is 0 Å². The van der Waals surface area contributed by atoms with E-state index in [0.29, 0.717) is 17.7 Å². The molecule has 60 valence electrons. The van der Waals surface area contributed by atoms with E-state index < -0.39 is 6.17 Å². The lowest BCUT2D eigenvalue weighted by Gasteiger charge is -2.08. The number of rotatable bonds is 3. The second-order valence-electron chi connectivity index (χ2n) is 2.72. The molecule has 0 amide bonds. The highest BCUT2D eigenvalue weighted by Crippen LogP contribution is 2.20. The molecule has 1 fully saturated rings. The van der Waals surface area contributed by atoms with Crippen LogP contribution >= 0.6 is 15.9 Å². The molecule has 1 aliphatic heterocycles. The molecule has 1 aliphatic rings. The lowest BCUT2D eigenvalue weighted by atomic mass is 10.0. The number of halogens is 2. The quantitative estimate of drug-likeness (QED) is 0.650. The molecule has 0 saturated carbocycles. The van der Waals surface area contributed by atoms with Crippen molar-refractivity contribution in [2.24, 2.45) is 5.92 Å². The Kier molecular flexibility index (Phi) is 3.63. The molecule has 0 radical (unpaired) electrons. The lowest BCUT2D eigenvalue weighted by Crippen LogP contribution is -2.10. The Morgan fingerprint density at radius 2 is 2.50 bits per heavy atom. The van der Waals surface area contributed by atoms with Gasteiger partial charge in [-0.2, -0.15) is 0 Å². The predicted octanol–water partition coefficient (Wildman–Crippen LogP) is 2.15. The summed E-state index contributed by atoms with van der Waals surface area (Å²) in [6.45, 7) is 1.58. The number of hydrogen-bond acceptors (Lipinski definition) is 1. The van der Waals surface area contributed by atoms with Crippen LogP contribution in [-0.4, -0.2) is 24.7 Å². The first kappa shape index (κ1) is 8.47. The number of hydrogen-bond donors (Lipinski definition) is 0. The molecule has 0 bridgehead atoms. The maximum Gasteiger partial charge on any atom is 0.110 e. The highest BCUT2D eigenvalue weighted by molar-refractivity contribution is 9.09. The largest absolute Gasteiger partial charge is 0.381 e. The van der Waals surface area contributed by atoms with Crippen LogP contribution in [0.1, 0.15) is 12.8 Å². The van der Waals surface area contributed by atoms with E-state index in [0.717, 1.165) is 19.6 Å². The van der Waals surface area contributed by atoms with Gasteiger partial charge in [0.05, 0.1) is 0 Å². The molecule has 0 spiro atoms. The summed E-state index contributed by atoms with van der Waals surface area (Å²) < 4.78 is 17.8. The monoisotopic (exact) mass is 210 g/mol. The topological polar surface area (TPSA) is 9.23 Å². The fourth-order valence-corrected chi connectivity index (χ4v) is 1.46. The van der Waals surface area contributed by atoms with Crippen LogP contribution in [-0.2, 0) is 4.74 Å². The van der Waals surface area contributed by atoms with Crippen molar-refractivity contribution < 1.29 is 9.13 Å². The van der Waals surface area contributed by atoms with E-state index in [1.807, 2.05) is 0 Å². The van der Waals surface area contributed by atoms with E-state index in [9.17, 15) is 4.39 Å². The maximum absolute atomic E-state index is 12.7. The van der Waals surface area contributed by atoms with Crippen molar-refractivity contribution in [2.75, 3.05) is 18.5 Å². The predicted molar refractivity (Wildman–Crippen MR) is 42.2 cm³/mol. The summed E-state index contributed by atoms with van der Waals surface area (Å²) in [5.41, 5.74) is 0. The lowest BCUT2D eigenvalue weighted by molar-refractivity contribution is 0.176. The summed E-state index contributed by atoms with van der Waals surface area (Å²) >= 11 is 3.11. The molecule has 1 nitrogen and oxygen atoms in total. The van der Waals surface area contributed by atoms with Crippen molar-refractivity contribution in [3.8, 4) is 0 Å². The Hall–Kier alpha value is 0.370. The fraction of sp³-hybridized carbons (Fsp3) is 1.00. The third-order valence-corrected chi connectivity index (χ3v) is 2.48. The normalized spacial score (nSPS) is 28.8. The van der Waals surface area contributed by atoms with Crippen molar-refractivity contribution in [1.29, 1.82) is 0 Å². The van der Waals surface area contributed by atoms with Gasteiger partial charge in [-0.3, -0.25) is 0 Å². The summed E-state index contributed by atoms with van der Waals surface area (Å²) in [7, 11) is 0. The highest BCUT2D eigenvalue weighted by atomic mass is 79.9. The van der Waals surface area contributed by atoms with Crippen LogP contribution in [0.4, 0.5) is 4.39 Å². The fourth-order valence-electron chi connectivity index (χ4n) is 1.19. The summed E-state index contributed by atoms with van der Waals surface area (Å²) in [5, 5.41) is 0.462. The average molecular weight is 211 g/mol. The van der Waals surface area contributed by atoms with Crippen LogP contribution in [0.15, 0.2) is 0 Å². The zero-order chi connectivity index (χ0) is 7.40.